The predicted molar refractivity (Wildman–Crippen MR) is 53.7 cm³/mol. The van der Waals surface area contributed by atoms with Crippen LogP contribution in [0.1, 0.15) is 11.3 Å². The first kappa shape index (κ1) is 9.21. The molecule has 1 aromatic heterocycles. The van der Waals surface area contributed by atoms with Gasteiger partial charge in [0.2, 0.25) is 0 Å². The van der Waals surface area contributed by atoms with Gasteiger partial charge in [-0.25, -0.2) is 4.39 Å². The van der Waals surface area contributed by atoms with Crippen LogP contribution in [0, 0.1) is 12.7 Å². The maximum atomic E-state index is 13.3. The second-order valence-corrected chi connectivity index (χ2v) is 3.35. The molecule has 0 aliphatic carbocycles. The lowest BCUT2D eigenvalue weighted by atomic mass is 10.1. The number of nitrogens with one attached hydrogen (secondary N) is 1. The van der Waals surface area contributed by atoms with Gasteiger partial charge in [-0.3, -0.25) is 0 Å². The number of halogens is 1. The number of rotatable bonds is 2. The van der Waals surface area contributed by atoms with Gasteiger partial charge in [-0.15, -0.1) is 0 Å². The summed E-state index contributed by atoms with van der Waals surface area (Å²) in [6, 6.07) is 4.94. The van der Waals surface area contributed by atoms with Crippen molar-refractivity contribution in [1.82, 2.24) is 5.32 Å². The molecule has 0 aliphatic rings. The fourth-order valence-electron chi connectivity index (χ4n) is 1.54. The van der Waals surface area contributed by atoms with Crippen molar-refractivity contribution in [3.05, 3.63) is 35.3 Å². The van der Waals surface area contributed by atoms with Crippen molar-refractivity contribution < 1.29 is 8.81 Å². The average molecular weight is 193 g/mol. The number of benzene rings is 1. The maximum Gasteiger partial charge on any atom is 0.140 e. The van der Waals surface area contributed by atoms with Gasteiger partial charge >= 0.3 is 0 Å². The lowest BCUT2D eigenvalue weighted by Gasteiger charge is -1.94. The van der Waals surface area contributed by atoms with Crippen molar-refractivity contribution in [1.29, 1.82) is 0 Å². The third-order valence-electron chi connectivity index (χ3n) is 2.23. The molecule has 0 bridgehead atoms. The number of hydrogen-bond acceptors (Lipinski definition) is 2. The van der Waals surface area contributed by atoms with E-state index in [1.807, 2.05) is 14.0 Å². The number of hydrogen-bond donors (Lipinski definition) is 1. The molecule has 0 spiro atoms. The molecule has 0 amide bonds. The van der Waals surface area contributed by atoms with Gasteiger partial charge in [0.05, 0.1) is 11.9 Å². The van der Waals surface area contributed by atoms with Crippen molar-refractivity contribution in [3.8, 4) is 0 Å². The Bertz CT molecular complexity index is 423. The normalized spacial score (nSPS) is 11.1. The van der Waals surface area contributed by atoms with E-state index in [4.69, 9.17) is 4.42 Å². The summed E-state index contributed by atoms with van der Waals surface area (Å²) in [5.41, 5.74) is 1.61. The molecule has 0 unspecified atom stereocenters. The lowest BCUT2D eigenvalue weighted by Crippen LogP contribution is -2.03. The summed E-state index contributed by atoms with van der Waals surface area (Å²) < 4.78 is 18.9. The first-order valence-electron chi connectivity index (χ1n) is 4.54. The van der Waals surface area contributed by atoms with Gasteiger partial charge in [-0.05, 0) is 31.7 Å². The van der Waals surface area contributed by atoms with Crippen molar-refractivity contribution in [3.63, 3.8) is 0 Å². The van der Waals surface area contributed by atoms with E-state index in [9.17, 15) is 4.39 Å². The van der Waals surface area contributed by atoms with Crippen molar-refractivity contribution in [2.75, 3.05) is 7.05 Å². The minimum atomic E-state index is -0.225. The van der Waals surface area contributed by atoms with Gasteiger partial charge in [0.15, 0.2) is 0 Å². The van der Waals surface area contributed by atoms with E-state index in [1.54, 1.807) is 12.1 Å². The van der Waals surface area contributed by atoms with E-state index in [-0.39, 0.29) is 5.82 Å². The fourth-order valence-corrected chi connectivity index (χ4v) is 1.54. The largest absolute Gasteiger partial charge is 0.459 e. The molecule has 2 nitrogen and oxygen atoms in total. The van der Waals surface area contributed by atoms with Crippen LogP contribution in [0.25, 0.3) is 11.0 Å². The molecule has 14 heavy (non-hydrogen) atoms. The van der Waals surface area contributed by atoms with E-state index in [0.717, 1.165) is 11.3 Å². The zero-order valence-electron chi connectivity index (χ0n) is 8.23. The summed E-state index contributed by atoms with van der Waals surface area (Å²) >= 11 is 0. The lowest BCUT2D eigenvalue weighted by molar-refractivity contribution is 0.528. The highest BCUT2D eigenvalue weighted by atomic mass is 19.1. The predicted octanol–water partition coefficient (Wildman–Crippen LogP) is 2.60. The Morgan fingerprint density at radius 3 is 2.86 bits per heavy atom. The highest BCUT2D eigenvalue weighted by Crippen LogP contribution is 2.25. The molecule has 3 heteroatoms. The van der Waals surface area contributed by atoms with Crippen molar-refractivity contribution in [2.24, 2.45) is 0 Å². The summed E-state index contributed by atoms with van der Waals surface area (Å²) in [4.78, 5) is 0. The number of furan rings is 1. The second kappa shape index (κ2) is 3.42. The van der Waals surface area contributed by atoms with Crippen molar-refractivity contribution in [2.45, 2.75) is 13.5 Å². The van der Waals surface area contributed by atoms with Crippen molar-refractivity contribution >= 4 is 11.0 Å². The fraction of sp³-hybridized carbons (Fsp3) is 0.273. The summed E-state index contributed by atoms with van der Waals surface area (Å²) in [5.74, 6) is 0.535. The smallest absolute Gasteiger partial charge is 0.140 e. The maximum absolute atomic E-state index is 13.3. The quantitative estimate of drug-likeness (QED) is 0.793. The van der Waals surface area contributed by atoms with Crippen LogP contribution >= 0.6 is 0 Å². The van der Waals surface area contributed by atoms with Crippen LogP contribution in [0.5, 0.6) is 0 Å². The standard InChI is InChI=1S/C11H12FNO/c1-7-3-4-10(12)9-5-8(6-13-2)14-11(7)9/h3-5,13H,6H2,1-2H3. The van der Waals surface area contributed by atoms with Gasteiger partial charge in [0, 0.05) is 0 Å². The Labute approximate surface area is 81.7 Å². The molecule has 0 atom stereocenters. The van der Waals surface area contributed by atoms with Gasteiger partial charge in [-0.1, -0.05) is 6.07 Å². The SMILES string of the molecule is CNCc1cc2c(F)ccc(C)c2o1. The van der Waals surface area contributed by atoms with Crippen LogP contribution in [-0.2, 0) is 6.54 Å². The Kier molecular flexibility index (Phi) is 2.25. The Balaban J connectivity index is 2.63. The minimum Gasteiger partial charge on any atom is -0.459 e. The molecule has 2 aromatic rings. The minimum absolute atomic E-state index is 0.225. The molecule has 0 aliphatic heterocycles. The van der Waals surface area contributed by atoms with Crippen LogP contribution in [0.3, 0.4) is 0 Å². The molecule has 0 saturated carbocycles. The monoisotopic (exact) mass is 193 g/mol. The van der Waals surface area contributed by atoms with E-state index < -0.39 is 0 Å². The van der Waals surface area contributed by atoms with Crippen LogP contribution in [0.4, 0.5) is 4.39 Å². The molecule has 1 aromatic carbocycles. The summed E-state index contributed by atoms with van der Waals surface area (Å²) in [5, 5.41) is 3.53. The Morgan fingerprint density at radius 1 is 1.43 bits per heavy atom. The number of aryl methyl sites for hydroxylation is 1. The van der Waals surface area contributed by atoms with Gasteiger partial charge in [0.1, 0.15) is 17.2 Å². The van der Waals surface area contributed by atoms with Gasteiger partial charge in [0.25, 0.3) is 0 Å². The highest BCUT2D eigenvalue weighted by Gasteiger charge is 2.09. The number of fused-ring (bicyclic) bond motifs is 1. The molecular weight excluding hydrogens is 181 g/mol. The Morgan fingerprint density at radius 2 is 2.21 bits per heavy atom. The van der Waals surface area contributed by atoms with Crippen LogP contribution in [0.2, 0.25) is 0 Å². The summed E-state index contributed by atoms with van der Waals surface area (Å²) in [7, 11) is 1.83. The van der Waals surface area contributed by atoms with E-state index in [2.05, 4.69) is 5.32 Å². The first-order valence-corrected chi connectivity index (χ1v) is 4.54. The van der Waals surface area contributed by atoms with Crippen LogP contribution < -0.4 is 5.32 Å². The Hall–Kier alpha value is -1.35. The highest BCUT2D eigenvalue weighted by molar-refractivity contribution is 5.81. The molecule has 0 fully saturated rings. The third kappa shape index (κ3) is 1.40. The zero-order valence-corrected chi connectivity index (χ0v) is 8.23. The molecule has 1 heterocycles. The summed E-state index contributed by atoms with van der Waals surface area (Å²) in [6.07, 6.45) is 0. The summed E-state index contributed by atoms with van der Waals surface area (Å²) in [6.45, 7) is 2.53. The van der Waals surface area contributed by atoms with E-state index in [1.165, 1.54) is 6.07 Å². The third-order valence-corrected chi connectivity index (χ3v) is 2.23. The first-order chi connectivity index (χ1) is 6.72. The van der Waals surface area contributed by atoms with E-state index >= 15 is 0 Å². The van der Waals surface area contributed by atoms with Gasteiger partial charge < -0.3 is 9.73 Å². The van der Waals surface area contributed by atoms with Gasteiger partial charge in [-0.2, -0.15) is 0 Å². The zero-order chi connectivity index (χ0) is 10.1. The molecule has 2 rings (SSSR count). The molecule has 0 radical (unpaired) electrons. The molecule has 1 N–H and O–H groups in total. The van der Waals surface area contributed by atoms with E-state index in [0.29, 0.717) is 17.5 Å². The second-order valence-electron chi connectivity index (χ2n) is 3.35. The van der Waals surface area contributed by atoms with Crippen LogP contribution in [0.15, 0.2) is 22.6 Å². The molecular formula is C11H12FNO. The molecule has 74 valence electrons. The molecule has 0 saturated heterocycles. The average Bonchev–Trinajstić information content (AvgIpc) is 2.57. The van der Waals surface area contributed by atoms with Crippen LogP contribution in [-0.4, -0.2) is 7.05 Å². The topological polar surface area (TPSA) is 25.2 Å².